The largest absolute Gasteiger partial charge is 0.493 e. The van der Waals surface area contributed by atoms with Crippen LogP contribution < -0.4 is 10.5 Å². The summed E-state index contributed by atoms with van der Waals surface area (Å²) < 4.78 is 7.03. The topological polar surface area (TPSA) is 78.3 Å². The lowest BCUT2D eigenvalue weighted by molar-refractivity contribution is 0.417. The van der Waals surface area contributed by atoms with E-state index in [1.54, 1.807) is 23.8 Å². The highest BCUT2D eigenvalue weighted by atomic mass is 16.5. The molecule has 90 valence electrons. The Morgan fingerprint density at radius 3 is 2.94 bits per heavy atom. The quantitative estimate of drug-likeness (QED) is 0.733. The Kier molecular flexibility index (Phi) is 2.33. The number of imidazole rings is 1. The van der Waals surface area contributed by atoms with Gasteiger partial charge in [-0.3, -0.25) is 4.40 Å². The molecule has 6 heteroatoms. The summed E-state index contributed by atoms with van der Waals surface area (Å²) in [4.78, 5) is 12.5. The minimum Gasteiger partial charge on any atom is -0.493 e. The van der Waals surface area contributed by atoms with Crippen LogP contribution in [0.2, 0.25) is 0 Å². The Hall–Kier alpha value is -2.63. The third kappa shape index (κ3) is 1.46. The molecule has 0 bridgehead atoms. The maximum absolute atomic E-state index is 6.08. The Morgan fingerprint density at radius 2 is 2.22 bits per heavy atom. The molecule has 0 aromatic carbocycles. The van der Waals surface area contributed by atoms with Crippen LogP contribution in [0.5, 0.6) is 5.75 Å². The van der Waals surface area contributed by atoms with E-state index in [1.165, 1.54) is 6.33 Å². The van der Waals surface area contributed by atoms with E-state index in [2.05, 4.69) is 15.0 Å². The Balaban J connectivity index is 2.29. The van der Waals surface area contributed by atoms with E-state index >= 15 is 0 Å². The molecule has 0 amide bonds. The molecule has 3 heterocycles. The van der Waals surface area contributed by atoms with Gasteiger partial charge in [0.05, 0.1) is 12.8 Å². The summed E-state index contributed by atoms with van der Waals surface area (Å²) in [6.45, 7) is 0. The average molecular weight is 241 g/mol. The standard InChI is InChI=1S/C12H11N5O/c1-18-9-3-2-6-17-11(13)10(16-12(9)17)8-4-5-14-7-15-8/h2-7H,13H2,1H3. The molecular weight excluding hydrogens is 230 g/mol. The molecule has 18 heavy (non-hydrogen) atoms. The number of hydrogen-bond acceptors (Lipinski definition) is 5. The molecular formula is C12H11N5O. The summed E-state index contributed by atoms with van der Waals surface area (Å²) >= 11 is 0. The van der Waals surface area contributed by atoms with Crippen LogP contribution in [0.3, 0.4) is 0 Å². The molecule has 6 nitrogen and oxygen atoms in total. The molecule has 2 N–H and O–H groups in total. The molecule has 0 aliphatic carbocycles. The van der Waals surface area contributed by atoms with E-state index in [9.17, 15) is 0 Å². The molecule has 3 rings (SSSR count). The summed E-state index contributed by atoms with van der Waals surface area (Å²) in [7, 11) is 1.60. The monoisotopic (exact) mass is 241 g/mol. The van der Waals surface area contributed by atoms with E-state index in [4.69, 9.17) is 10.5 Å². The lowest BCUT2D eigenvalue weighted by Gasteiger charge is -2.01. The van der Waals surface area contributed by atoms with Gasteiger partial charge in [0.2, 0.25) is 0 Å². The number of aromatic nitrogens is 4. The first kappa shape index (κ1) is 10.5. The number of hydrogen-bond donors (Lipinski definition) is 1. The fourth-order valence-electron chi connectivity index (χ4n) is 1.84. The van der Waals surface area contributed by atoms with Crippen molar-refractivity contribution in [2.75, 3.05) is 12.8 Å². The van der Waals surface area contributed by atoms with Crippen molar-refractivity contribution >= 4 is 11.5 Å². The summed E-state index contributed by atoms with van der Waals surface area (Å²) in [5.41, 5.74) is 8.07. The predicted octanol–water partition coefficient (Wildman–Crippen LogP) is 1.38. The second-order valence-electron chi connectivity index (χ2n) is 3.71. The van der Waals surface area contributed by atoms with Gasteiger partial charge < -0.3 is 10.5 Å². The number of nitrogen functional groups attached to an aromatic ring is 1. The molecule has 3 aromatic rings. The number of ether oxygens (including phenoxy) is 1. The zero-order valence-corrected chi connectivity index (χ0v) is 9.74. The first-order valence-corrected chi connectivity index (χ1v) is 5.38. The van der Waals surface area contributed by atoms with Gasteiger partial charge in [0.15, 0.2) is 11.4 Å². The van der Waals surface area contributed by atoms with Gasteiger partial charge in [-0.15, -0.1) is 0 Å². The fraction of sp³-hybridized carbons (Fsp3) is 0.0833. The van der Waals surface area contributed by atoms with E-state index in [1.807, 2.05) is 18.3 Å². The highest BCUT2D eigenvalue weighted by molar-refractivity contribution is 5.74. The Morgan fingerprint density at radius 1 is 1.33 bits per heavy atom. The lowest BCUT2D eigenvalue weighted by atomic mass is 10.3. The van der Waals surface area contributed by atoms with Gasteiger partial charge in [0, 0.05) is 12.4 Å². The van der Waals surface area contributed by atoms with E-state index in [0.29, 0.717) is 28.6 Å². The number of anilines is 1. The average Bonchev–Trinajstić information content (AvgIpc) is 2.77. The van der Waals surface area contributed by atoms with Gasteiger partial charge in [-0.2, -0.15) is 0 Å². The van der Waals surface area contributed by atoms with Gasteiger partial charge in [0.1, 0.15) is 17.8 Å². The third-order valence-electron chi connectivity index (χ3n) is 2.70. The first-order valence-electron chi connectivity index (χ1n) is 5.38. The maximum Gasteiger partial charge on any atom is 0.181 e. The predicted molar refractivity (Wildman–Crippen MR) is 67.2 cm³/mol. The van der Waals surface area contributed by atoms with Crippen LogP contribution in [0.25, 0.3) is 17.0 Å². The minimum atomic E-state index is 0.530. The SMILES string of the molecule is COc1cccn2c(N)c(-c3ccncn3)nc12. The number of pyridine rings is 1. The van der Waals surface area contributed by atoms with Crippen LogP contribution in [-0.4, -0.2) is 26.5 Å². The summed E-state index contributed by atoms with van der Waals surface area (Å²) in [6, 6.07) is 5.46. The highest BCUT2D eigenvalue weighted by Gasteiger charge is 2.14. The van der Waals surface area contributed by atoms with Gasteiger partial charge in [-0.25, -0.2) is 15.0 Å². The van der Waals surface area contributed by atoms with Crippen molar-refractivity contribution < 1.29 is 4.74 Å². The van der Waals surface area contributed by atoms with Crippen molar-refractivity contribution in [3.05, 3.63) is 36.9 Å². The fourth-order valence-corrected chi connectivity index (χ4v) is 1.84. The molecule has 0 spiro atoms. The van der Waals surface area contributed by atoms with Gasteiger partial charge in [-0.05, 0) is 18.2 Å². The molecule has 0 fully saturated rings. The molecule has 0 aliphatic heterocycles. The van der Waals surface area contributed by atoms with Crippen molar-refractivity contribution in [1.29, 1.82) is 0 Å². The summed E-state index contributed by atoms with van der Waals surface area (Å²) in [5.74, 6) is 1.20. The molecule has 0 saturated carbocycles. The summed E-state index contributed by atoms with van der Waals surface area (Å²) in [5, 5.41) is 0. The van der Waals surface area contributed by atoms with Crippen LogP contribution in [0, 0.1) is 0 Å². The Labute approximate surface area is 103 Å². The van der Waals surface area contributed by atoms with Gasteiger partial charge in [0.25, 0.3) is 0 Å². The highest BCUT2D eigenvalue weighted by Crippen LogP contribution is 2.28. The van der Waals surface area contributed by atoms with Crippen molar-refractivity contribution in [2.24, 2.45) is 0 Å². The number of fused-ring (bicyclic) bond motifs is 1. The van der Waals surface area contributed by atoms with E-state index in [0.717, 1.165) is 0 Å². The first-order chi connectivity index (χ1) is 8.81. The smallest absolute Gasteiger partial charge is 0.181 e. The van der Waals surface area contributed by atoms with Crippen LogP contribution in [0.1, 0.15) is 0 Å². The van der Waals surface area contributed by atoms with Crippen LogP contribution in [0.15, 0.2) is 36.9 Å². The lowest BCUT2D eigenvalue weighted by Crippen LogP contribution is -1.95. The normalized spacial score (nSPS) is 10.7. The second kappa shape index (κ2) is 3.99. The van der Waals surface area contributed by atoms with Gasteiger partial charge in [-0.1, -0.05) is 0 Å². The minimum absolute atomic E-state index is 0.530. The third-order valence-corrected chi connectivity index (χ3v) is 2.70. The number of rotatable bonds is 2. The van der Waals surface area contributed by atoms with Gasteiger partial charge >= 0.3 is 0 Å². The second-order valence-corrected chi connectivity index (χ2v) is 3.71. The van der Waals surface area contributed by atoms with Crippen molar-refractivity contribution in [3.8, 4) is 17.1 Å². The van der Waals surface area contributed by atoms with E-state index in [-0.39, 0.29) is 0 Å². The molecule has 0 atom stereocenters. The zero-order chi connectivity index (χ0) is 12.5. The maximum atomic E-state index is 6.08. The van der Waals surface area contributed by atoms with Crippen LogP contribution in [0.4, 0.5) is 5.82 Å². The molecule has 3 aromatic heterocycles. The number of methoxy groups -OCH3 is 1. The number of nitrogens with zero attached hydrogens (tertiary/aromatic N) is 4. The molecule has 0 unspecified atom stereocenters. The molecule has 0 saturated heterocycles. The number of nitrogens with two attached hydrogens (primary N) is 1. The van der Waals surface area contributed by atoms with Crippen molar-refractivity contribution in [2.45, 2.75) is 0 Å². The molecule has 0 aliphatic rings. The van der Waals surface area contributed by atoms with Crippen molar-refractivity contribution in [3.63, 3.8) is 0 Å². The molecule has 0 radical (unpaired) electrons. The Bertz CT molecular complexity index is 692. The van der Waals surface area contributed by atoms with Crippen molar-refractivity contribution in [1.82, 2.24) is 19.4 Å². The summed E-state index contributed by atoms with van der Waals surface area (Å²) in [6.07, 6.45) is 4.96. The zero-order valence-electron chi connectivity index (χ0n) is 9.74. The van der Waals surface area contributed by atoms with E-state index < -0.39 is 0 Å². The van der Waals surface area contributed by atoms with Crippen LogP contribution in [-0.2, 0) is 0 Å². The van der Waals surface area contributed by atoms with Crippen LogP contribution >= 0.6 is 0 Å².